The molecule has 112 valence electrons. The third-order valence-electron chi connectivity index (χ3n) is 3.77. The maximum Gasteiger partial charge on any atom is 0.123 e. The molecule has 2 aromatic rings. The zero-order chi connectivity index (χ0) is 15.1. The molecule has 0 aliphatic rings. The highest BCUT2D eigenvalue weighted by Gasteiger charge is 2.17. The first-order valence-corrected chi connectivity index (χ1v) is 7.33. The molecule has 0 saturated carbocycles. The highest BCUT2D eigenvalue weighted by Crippen LogP contribution is 2.26. The first kappa shape index (κ1) is 15.5. The van der Waals surface area contributed by atoms with Crippen LogP contribution in [0.1, 0.15) is 23.6 Å². The fraction of sp³-hybridized carbons (Fsp3) is 0.333. The zero-order valence-corrected chi connectivity index (χ0v) is 12.8. The molecule has 21 heavy (non-hydrogen) atoms. The molecule has 2 aromatic carbocycles. The number of para-hydroxylation sites is 1. The van der Waals surface area contributed by atoms with Gasteiger partial charge in [0.2, 0.25) is 0 Å². The summed E-state index contributed by atoms with van der Waals surface area (Å²) < 4.78 is 5.44. The van der Waals surface area contributed by atoms with Gasteiger partial charge in [0.25, 0.3) is 0 Å². The zero-order valence-electron chi connectivity index (χ0n) is 12.8. The highest BCUT2D eigenvalue weighted by atomic mass is 16.5. The van der Waals surface area contributed by atoms with Crippen molar-refractivity contribution < 1.29 is 4.74 Å². The Morgan fingerprint density at radius 3 is 2.38 bits per heavy atom. The maximum absolute atomic E-state index is 5.80. The van der Waals surface area contributed by atoms with Gasteiger partial charge in [-0.1, -0.05) is 48.5 Å². The van der Waals surface area contributed by atoms with Gasteiger partial charge in [-0.2, -0.15) is 0 Å². The molecule has 0 aliphatic heterocycles. The second-order valence-corrected chi connectivity index (χ2v) is 5.23. The fourth-order valence-corrected chi connectivity index (χ4v) is 2.69. The van der Waals surface area contributed by atoms with Crippen LogP contribution in [0.25, 0.3) is 0 Å². The van der Waals surface area contributed by atoms with Crippen LogP contribution < -0.4 is 10.5 Å². The molecule has 3 heteroatoms. The molecule has 0 fully saturated rings. The lowest BCUT2D eigenvalue weighted by Gasteiger charge is -2.29. The second kappa shape index (κ2) is 7.81. The van der Waals surface area contributed by atoms with Crippen molar-refractivity contribution in [1.82, 2.24) is 4.90 Å². The van der Waals surface area contributed by atoms with Crippen LogP contribution in [0.2, 0.25) is 0 Å². The van der Waals surface area contributed by atoms with Crippen LogP contribution in [0.4, 0.5) is 0 Å². The predicted molar refractivity (Wildman–Crippen MR) is 87.3 cm³/mol. The summed E-state index contributed by atoms with van der Waals surface area (Å²) in [5, 5.41) is 0. The smallest absolute Gasteiger partial charge is 0.123 e. The number of benzene rings is 2. The minimum atomic E-state index is 0.320. The van der Waals surface area contributed by atoms with Crippen molar-refractivity contribution in [3.05, 3.63) is 65.7 Å². The van der Waals surface area contributed by atoms with Crippen molar-refractivity contribution in [1.29, 1.82) is 0 Å². The average Bonchev–Trinajstić information content (AvgIpc) is 2.53. The van der Waals surface area contributed by atoms with Crippen molar-refractivity contribution in [3.8, 4) is 5.75 Å². The van der Waals surface area contributed by atoms with Crippen LogP contribution in [0.15, 0.2) is 54.6 Å². The molecule has 0 spiro atoms. The molecule has 0 radical (unpaired) electrons. The molecule has 0 bridgehead atoms. The Morgan fingerprint density at radius 1 is 1.05 bits per heavy atom. The van der Waals surface area contributed by atoms with Gasteiger partial charge in [-0.05, 0) is 31.6 Å². The summed E-state index contributed by atoms with van der Waals surface area (Å²) in [5.41, 5.74) is 8.30. The number of methoxy groups -OCH3 is 1. The largest absolute Gasteiger partial charge is 0.496 e. The van der Waals surface area contributed by atoms with E-state index in [2.05, 4.69) is 42.3 Å². The lowest BCUT2D eigenvalue weighted by molar-refractivity contribution is 0.224. The topological polar surface area (TPSA) is 38.5 Å². The first-order valence-electron chi connectivity index (χ1n) is 7.33. The van der Waals surface area contributed by atoms with Gasteiger partial charge in [0.15, 0.2) is 0 Å². The van der Waals surface area contributed by atoms with Crippen LogP contribution in [0, 0.1) is 0 Å². The van der Waals surface area contributed by atoms with Gasteiger partial charge in [-0.25, -0.2) is 0 Å². The summed E-state index contributed by atoms with van der Waals surface area (Å²) in [4.78, 5) is 2.33. The highest BCUT2D eigenvalue weighted by molar-refractivity contribution is 5.33. The third kappa shape index (κ3) is 4.06. The standard InChI is InChI=1S/C18H24N2O/c1-20(14-16-10-6-7-11-18(16)21-2)17(12-13-19)15-8-4-3-5-9-15/h3-11,17H,12-14,19H2,1-2H3. The maximum atomic E-state index is 5.80. The molecule has 0 amide bonds. The van der Waals surface area contributed by atoms with Crippen molar-refractivity contribution in [3.63, 3.8) is 0 Å². The normalized spacial score (nSPS) is 12.4. The Morgan fingerprint density at radius 2 is 1.71 bits per heavy atom. The lowest BCUT2D eigenvalue weighted by Crippen LogP contribution is -2.26. The van der Waals surface area contributed by atoms with Gasteiger partial charge in [-0.3, -0.25) is 4.90 Å². The van der Waals surface area contributed by atoms with E-state index in [0.717, 1.165) is 18.7 Å². The van der Waals surface area contributed by atoms with E-state index < -0.39 is 0 Å². The number of hydrogen-bond acceptors (Lipinski definition) is 3. The monoisotopic (exact) mass is 284 g/mol. The number of ether oxygens (including phenoxy) is 1. The number of nitrogens with two attached hydrogens (primary N) is 1. The van der Waals surface area contributed by atoms with Gasteiger partial charge in [0.1, 0.15) is 5.75 Å². The molecule has 0 aromatic heterocycles. The number of hydrogen-bond donors (Lipinski definition) is 1. The van der Waals surface area contributed by atoms with E-state index in [0.29, 0.717) is 12.6 Å². The fourth-order valence-electron chi connectivity index (χ4n) is 2.69. The van der Waals surface area contributed by atoms with E-state index in [1.807, 2.05) is 24.3 Å². The predicted octanol–water partition coefficient (Wildman–Crippen LogP) is 3.22. The van der Waals surface area contributed by atoms with Gasteiger partial charge >= 0.3 is 0 Å². The molecule has 2 rings (SSSR count). The number of rotatable bonds is 7. The summed E-state index contributed by atoms with van der Waals surface area (Å²) in [6, 6.07) is 19.0. The van der Waals surface area contributed by atoms with Gasteiger partial charge in [0.05, 0.1) is 7.11 Å². The first-order chi connectivity index (χ1) is 10.3. The second-order valence-electron chi connectivity index (χ2n) is 5.23. The molecule has 3 nitrogen and oxygen atoms in total. The Hall–Kier alpha value is -1.84. The van der Waals surface area contributed by atoms with Gasteiger partial charge in [0, 0.05) is 18.2 Å². The molecule has 0 heterocycles. The Bertz CT molecular complexity index is 542. The lowest BCUT2D eigenvalue weighted by atomic mass is 10.0. The van der Waals surface area contributed by atoms with E-state index in [-0.39, 0.29) is 0 Å². The van der Waals surface area contributed by atoms with E-state index in [1.165, 1.54) is 11.1 Å². The quantitative estimate of drug-likeness (QED) is 0.848. The Labute approximate surface area is 127 Å². The van der Waals surface area contributed by atoms with Crippen LogP contribution in [0.5, 0.6) is 5.75 Å². The number of nitrogens with zero attached hydrogens (tertiary/aromatic N) is 1. The summed E-state index contributed by atoms with van der Waals surface area (Å²) in [6.45, 7) is 1.51. The summed E-state index contributed by atoms with van der Waals surface area (Å²) in [7, 11) is 3.85. The molecule has 0 saturated heterocycles. The molecule has 2 N–H and O–H groups in total. The van der Waals surface area contributed by atoms with Crippen LogP contribution >= 0.6 is 0 Å². The van der Waals surface area contributed by atoms with Crippen molar-refractivity contribution in [2.45, 2.75) is 19.0 Å². The summed E-state index contributed by atoms with van der Waals surface area (Å²) in [6.07, 6.45) is 0.940. The van der Waals surface area contributed by atoms with Crippen LogP contribution in [-0.4, -0.2) is 25.6 Å². The Balaban J connectivity index is 2.17. The molecule has 0 aliphatic carbocycles. The van der Waals surface area contributed by atoms with E-state index >= 15 is 0 Å². The SMILES string of the molecule is COc1ccccc1CN(C)C(CCN)c1ccccc1. The minimum Gasteiger partial charge on any atom is -0.496 e. The average molecular weight is 284 g/mol. The molecule has 1 atom stereocenters. The summed E-state index contributed by atoms with van der Waals surface area (Å²) in [5.74, 6) is 0.934. The van der Waals surface area contributed by atoms with Crippen molar-refractivity contribution >= 4 is 0 Å². The van der Waals surface area contributed by atoms with Crippen LogP contribution in [0.3, 0.4) is 0 Å². The van der Waals surface area contributed by atoms with Crippen molar-refractivity contribution in [2.24, 2.45) is 5.73 Å². The molecular weight excluding hydrogens is 260 g/mol. The summed E-state index contributed by atoms with van der Waals surface area (Å²) >= 11 is 0. The third-order valence-corrected chi connectivity index (χ3v) is 3.77. The van der Waals surface area contributed by atoms with Crippen LogP contribution in [-0.2, 0) is 6.54 Å². The molecule has 1 unspecified atom stereocenters. The van der Waals surface area contributed by atoms with Crippen molar-refractivity contribution in [2.75, 3.05) is 20.7 Å². The molecular formula is C18H24N2O. The van der Waals surface area contributed by atoms with E-state index in [9.17, 15) is 0 Å². The van der Waals surface area contributed by atoms with E-state index in [1.54, 1.807) is 7.11 Å². The van der Waals surface area contributed by atoms with Gasteiger partial charge < -0.3 is 10.5 Å². The van der Waals surface area contributed by atoms with Gasteiger partial charge in [-0.15, -0.1) is 0 Å². The minimum absolute atomic E-state index is 0.320. The Kier molecular flexibility index (Phi) is 5.78. The van der Waals surface area contributed by atoms with E-state index in [4.69, 9.17) is 10.5 Å².